The second-order valence-electron chi connectivity index (χ2n) is 10.1. The first kappa shape index (κ1) is 28.9. The standard InChI is InChI=1S/C27H32N5O8P/c1-15(25(34)37-4)31-41(36,40-20-11-7-9-17-8-5-6-10-18(17)20)39-16(2)21-22(33)27(3,35)26(38-21)32-13-12-19-23(28)29-14-30-24(19)32/h5-16,21-22,26,33,35H,1-4H3,(H,31,36)(H2,28,29,30). The third kappa shape index (κ3) is 5.40. The summed E-state index contributed by atoms with van der Waals surface area (Å²) < 4.78 is 38.5. The van der Waals surface area contributed by atoms with Crippen LogP contribution in [0.5, 0.6) is 5.75 Å². The second kappa shape index (κ2) is 11.0. The zero-order valence-electron chi connectivity index (χ0n) is 22.9. The molecule has 0 bridgehead atoms. The molecule has 5 N–H and O–H groups in total. The third-order valence-corrected chi connectivity index (χ3v) is 8.88. The fourth-order valence-electron chi connectivity index (χ4n) is 4.96. The van der Waals surface area contributed by atoms with Gasteiger partial charge in [-0.1, -0.05) is 36.4 Å². The first-order valence-electron chi connectivity index (χ1n) is 12.9. The van der Waals surface area contributed by atoms with Gasteiger partial charge in [0.2, 0.25) is 0 Å². The molecule has 7 atom stereocenters. The van der Waals surface area contributed by atoms with Gasteiger partial charge in [-0.2, -0.15) is 5.09 Å². The van der Waals surface area contributed by atoms with Crippen LogP contribution in [0.25, 0.3) is 21.8 Å². The monoisotopic (exact) mass is 585 g/mol. The van der Waals surface area contributed by atoms with Crippen molar-refractivity contribution in [2.24, 2.45) is 0 Å². The average molecular weight is 586 g/mol. The lowest BCUT2D eigenvalue weighted by Crippen LogP contribution is -2.46. The number of carbonyl (C=O) groups is 1. The number of nitrogens with zero attached hydrogens (tertiary/aromatic N) is 3. The van der Waals surface area contributed by atoms with Crippen molar-refractivity contribution in [1.82, 2.24) is 19.6 Å². The molecular weight excluding hydrogens is 553 g/mol. The largest absolute Gasteiger partial charge is 0.468 e. The molecule has 218 valence electrons. The van der Waals surface area contributed by atoms with Crippen LogP contribution in [0.1, 0.15) is 27.0 Å². The molecule has 5 rings (SSSR count). The molecular formula is C27H32N5O8P. The summed E-state index contributed by atoms with van der Waals surface area (Å²) in [6.45, 7) is 4.38. The third-order valence-electron chi connectivity index (χ3n) is 7.13. The molecule has 0 aliphatic carbocycles. The number of nitrogen functional groups attached to an aromatic ring is 1. The number of carbonyl (C=O) groups excluding carboxylic acids is 1. The zero-order chi connectivity index (χ0) is 29.5. The lowest BCUT2D eigenvalue weighted by atomic mass is 9.94. The van der Waals surface area contributed by atoms with E-state index in [2.05, 4.69) is 15.1 Å². The van der Waals surface area contributed by atoms with Crippen molar-refractivity contribution in [3.05, 3.63) is 61.1 Å². The van der Waals surface area contributed by atoms with Crippen LogP contribution in [-0.4, -0.2) is 67.8 Å². The van der Waals surface area contributed by atoms with Crippen molar-refractivity contribution >= 4 is 41.3 Å². The molecule has 1 fully saturated rings. The van der Waals surface area contributed by atoms with Gasteiger partial charge in [0.05, 0.1) is 18.6 Å². The van der Waals surface area contributed by atoms with Crippen LogP contribution in [0.4, 0.5) is 5.82 Å². The minimum atomic E-state index is -4.34. The van der Waals surface area contributed by atoms with E-state index in [1.165, 1.54) is 38.8 Å². The zero-order valence-corrected chi connectivity index (χ0v) is 23.8. The maximum atomic E-state index is 14.2. The van der Waals surface area contributed by atoms with E-state index < -0.39 is 49.9 Å². The second-order valence-corrected chi connectivity index (χ2v) is 11.7. The van der Waals surface area contributed by atoms with Gasteiger partial charge in [0, 0.05) is 11.6 Å². The highest BCUT2D eigenvalue weighted by Crippen LogP contribution is 2.50. The molecule has 4 aromatic rings. The van der Waals surface area contributed by atoms with Crippen LogP contribution < -0.4 is 15.3 Å². The molecule has 0 amide bonds. The molecule has 2 aromatic heterocycles. The van der Waals surface area contributed by atoms with E-state index in [4.69, 9.17) is 24.3 Å². The number of esters is 1. The Hall–Kier alpha value is -3.58. The summed E-state index contributed by atoms with van der Waals surface area (Å²) >= 11 is 0. The Morgan fingerprint density at radius 1 is 1.17 bits per heavy atom. The van der Waals surface area contributed by atoms with Crippen molar-refractivity contribution in [1.29, 1.82) is 0 Å². The number of ether oxygens (including phenoxy) is 2. The quantitative estimate of drug-likeness (QED) is 0.167. The van der Waals surface area contributed by atoms with E-state index in [1.807, 2.05) is 24.3 Å². The van der Waals surface area contributed by atoms with Crippen LogP contribution in [-0.2, 0) is 23.4 Å². The molecule has 3 heterocycles. The summed E-state index contributed by atoms with van der Waals surface area (Å²) in [5.74, 6) is -0.196. The number of aliphatic hydroxyl groups is 2. The minimum absolute atomic E-state index is 0.247. The number of methoxy groups -OCH3 is 1. The lowest BCUT2D eigenvalue weighted by molar-refractivity contribution is -0.142. The fourth-order valence-corrected chi connectivity index (χ4v) is 6.67. The van der Waals surface area contributed by atoms with Crippen LogP contribution >= 0.6 is 7.75 Å². The summed E-state index contributed by atoms with van der Waals surface area (Å²) in [6, 6.07) is 13.2. The molecule has 7 unspecified atom stereocenters. The van der Waals surface area contributed by atoms with E-state index in [1.54, 1.807) is 30.5 Å². The van der Waals surface area contributed by atoms with Crippen molar-refractivity contribution in [3.8, 4) is 5.75 Å². The van der Waals surface area contributed by atoms with Crippen LogP contribution in [0.2, 0.25) is 0 Å². The van der Waals surface area contributed by atoms with E-state index in [-0.39, 0.29) is 11.6 Å². The minimum Gasteiger partial charge on any atom is -0.468 e. The highest BCUT2D eigenvalue weighted by atomic mass is 31.2. The number of hydrogen-bond acceptors (Lipinski definition) is 11. The Morgan fingerprint density at radius 2 is 1.90 bits per heavy atom. The van der Waals surface area contributed by atoms with Gasteiger partial charge < -0.3 is 34.5 Å². The first-order chi connectivity index (χ1) is 19.4. The number of nitrogens with two attached hydrogens (primary N) is 1. The molecule has 13 nitrogen and oxygen atoms in total. The first-order valence-corrected chi connectivity index (χ1v) is 14.4. The number of benzene rings is 2. The smallest absolute Gasteiger partial charge is 0.459 e. The summed E-state index contributed by atoms with van der Waals surface area (Å²) in [6.07, 6.45) is -1.98. The summed E-state index contributed by atoms with van der Waals surface area (Å²) in [7, 11) is -3.14. The van der Waals surface area contributed by atoms with E-state index in [9.17, 15) is 19.6 Å². The lowest BCUT2D eigenvalue weighted by Gasteiger charge is -2.29. The number of anilines is 1. The number of rotatable bonds is 9. The van der Waals surface area contributed by atoms with Crippen LogP contribution in [0, 0.1) is 0 Å². The van der Waals surface area contributed by atoms with Gasteiger partial charge in [0.1, 0.15) is 47.4 Å². The van der Waals surface area contributed by atoms with E-state index >= 15 is 0 Å². The van der Waals surface area contributed by atoms with E-state index in [0.29, 0.717) is 16.4 Å². The Kier molecular flexibility index (Phi) is 7.77. The Bertz CT molecular complexity index is 1620. The van der Waals surface area contributed by atoms with Gasteiger partial charge in [-0.25, -0.2) is 14.5 Å². The Balaban J connectivity index is 1.45. The van der Waals surface area contributed by atoms with Gasteiger partial charge in [-0.05, 0) is 38.3 Å². The van der Waals surface area contributed by atoms with Crippen molar-refractivity contribution in [2.75, 3.05) is 12.8 Å². The molecule has 14 heteroatoms. The van der Waals surface area contributed by atoms with Gasteiger partial charge >= 0.3 is 13.7 Å². The maximum Gasteiger partial charge on any atom is 0.459 e. The van der Waals surface area contributed by atoms with Crippen molar-refractivity contribution < 1.29 is 38.1 Å². The molecule has 41 heavy (non-hydrogen) atoms. The Morgan fingerprint density at radius 3 is 2.66 bits per heavy atom. The van der Waals surface area contributed by atoms with Gasteiger partial charge in [0.15, 0.2) is 6.23 Å². The number of aromatic nitrogens is 3. The number of fused-ring (bicyclic) bond motifs is 2. The SMILES string of the molecule is COC(=O)C(C)NP(=O)(Oc1cccc2ccccc12)OC(C)C1OC(n2ccc3c(N)ncnc32)C(C)(O)C1O. The predicted molar refractivity (Wildman–Crippen MR) is 150 cm³/mol. The molecule has 0 radical (unpaired) electrons. The van der Waals surface area contributed by atoms with Gasteiger partial charge in [-0.15, -0.1) is 0 Å². The number of hydrogen-bond donors (Lipinski definition) is 4. The molecule has 0 spiro atoms. The van der Waals surface area contributed by atoms with E-state index in [0.717, 1.165) is 5.39 Å². The molecule has 1 saturated heterocycles. The Labute approximate surface area is 235 Å². The van der Waals surface area contributed by atoms with Crippen LogP contribution in [0.3, 0.4) is 0 Å². The number of nitrogens with one attached hydrogen (secondary N) is 1. The van der Waals surface area contributed by atoms with Gasteiger partial charge in [-0.3, -0.25) is 9.32 Å². The molecule has 1 aliphatic heterocycles. The highest BCUT2D eigenvalue weighted by Gasteiger charge is 2.56. The summed E-state index contributed by atoms with van der Waals surface area (Å²) in [5, 5.41) is 27.2. The average Bonchev–Trinajstić information content (AvgIpc) is 3.47. The molecule has 0 saturated carbocycles. The molecule has 2 aromatic carbocycles. The maximum absolute atomic E-state index is 14.2. The predicted octanol–water partition coefficient (Wildman–Crippen LogP) is 2.92. The fraction of sp³-hybridized carbons (Fsp3) is 0.370. The van der Waals surface area contributed by atoms with Crippen molar-refractivity contribution in [3.63, 3.8) is 0 Å². The number of aliphatic hydroxyl groups excluding tert-OH is 1. The van der Waals surface area contributed by atoms with Crippen LogP contribution in [0.15, 0.2) is 61.1 Å². The highest BCUT2D eigenvalue weighted by molar-refractivity contribution is 7.52. The normalized spacial score (nSPS) is 25.6. The van der Waals surface area contributed by atoms with Gasteiger partial charge in [0.25, 0.3) is 0 Å². The van der Waals surface area contributed by atoms with Crippen molar-refractivity contribution in [2.45, 2.75) is 57.0 Å². The topological polar surface area (TPSA) is 180 Å². The molecule has 1 aliphatic rings. The summed E-state index contributed by atoms with van der Waals surface area (Å²) in [5.41, 5.74) is 4.53. The summed E-state index contributed by atoms with van der Waals surface area (Å²) in [4.78, 5) is 20.4.